The van der Waals surface area contributed by atoms with Crippen LogP contribution in [0.5, 0.6) is 11.5 Å². The average molecular weight is 405 g/mol. The van der Waals surface area contributed by atoms with Crippen molar-refractivity contribution in [1.82, 2.24) is 4.57 Å². The lowest BCUT2D eigenvalue weighted by Gasteiger charge is -2.20. The van der Waals surface area contributed by atoms with E-state index in [1.165, 1.54) is 22.8 Å². The van der Waals surface area contributed by atoms with E-state index in [0.717, 1.165) is 0 Å². The third-order valence-electron chi connectivity index (χ3n) is 4.20. The van der Waals surface area contributed by atoms with Crippen LogP contribution >= 0.6 is 0 Å². The zero-order valence-electron chi connectivity index (χ0n) is 17.5. The summed E-state index contributed by atoms with van der Waals surface area (Å²) in [5.74, 6) is 6.74. The normalized spacial score (nSPS) is 10.8. The SMILES string of the molecule is COc1cc(-n2ccc(C#Cc3ccc(F)cc3)cc2=O)ccc1OCC(C)(C)C. The molecular weight excluding hydrogens is 381 g/mol. The molecule has 1 heterocycles. The van der Waals surface area contributed by atoms with E-state index in [9.17, 15) is 9.18 Å². The number of hydrogen-bond donors (Lipinski definition) is 0. The summed E-state index contributed by atoms with van der Waals surface area (Å²) in [5.41, 5.74) is 1.73. The highest BCUT2D eigenvalue weighted by atomic mass is 19.1. The molecule has 30 heavy (non-hydrogen) atoms. The van der Waals surface area contributed by atoms with Crippen molar-refractivity contribution in [2.75, 3.05) is 13.7 Å². The van der Waals surface area contributed by atoms with Gasteiger partial charge in [0.25, 0.3) is 5.56 Å². The Hall–Kier alpha value is -3.52. The van der Waals surface area contributed by atoms with Crippen LogP contribution in [0.1, 0.15) is 31.9 Å². The number of nitrogens with zero attached hydrogens (tertiary/aromatic N) is 1. The largest absolute Gasteiger partial charge is 0.493 e. The maximum atomic E-state index is 13.0. The number of methoxy groups -OCH3 is 1. The zero-order valence-corrected chi connectivity index (χ0v) is 17.5. The van der Waals surface area contributed by atoms with Crippen molar-refractivity contribution in [1.29, 1.82) is 0 Å². The Morgan fingerprint density at radius 1 is 0.933 bits per heavy atom. The highest BCUT2D eigenvalue weighted by Crippen LogP contribution is 2.30. The van der Waals surface area contributed by atoms with Crippen LogP contribution in [0, 0.1) is 23.1 Å². The molecule has 0 atom stereocenters. The van der Waals surface area contributed by atoms with E-state index in [1.807, 2.05) is 6.07 Å². The Morgan fingerprint density at radius 2 is 1.63 bits per heavy atom. The summed E-state index contributed by atoms with van der Waals surface area (Å²) in [6, 6.07) is 14.5. The molecule has 0 unspecified atom stereocenters. The quantitative estimate of drug-likeness (QED) is 0.585. The van der Waals surface area contributed by atoms with E-state index in [-0.39, 0.29) is 16.8 Å². The fourth-order valence-corrected chi connectivity index (χ4v) is 2.67. The first-order valence-corrected chi connectivity index (χ1v) is 9.57. The van der Waals surface area contributed by atoms with Gasteiger partial charge in [0.15, 0.2) is 11.5 Å². The second-order valence-corrected chi connectivity index (χ2v) is 8.07. The van der Waals surface area contributed by atoms with Crippen molar-refractivity contribution in [2.24, 2.45) is 5.41 Å². The maximum absolute atomic E-state index is 13.0. The topological polar surface area (TPSA) is 40.5 Å². The summed E-state index contributed by atoms with van der Waals surface area (Å²) < 4.78 is 25.8. The second kappa shape index (κ2) is 8.87. The smallest absolute Gasteiger partial charge is 0.256 e. The number of benzene rings is 2. The number of pyridine rings is 1. The molecule has 0 bridgehead atoms. The van der Waals surface area contributed by atoms with Gasteiger partial charge in [-0.15, -0.1) is 0 Å². The molecule has 1 aromatic heterocycles. The van der Waals surface area contributed by atoms with E-state index in [1.54, 1.807) is 43.6 Å². The lowest BCUT2D eigenvalue weighted by Crippen LogP contribution is -2.18. The molecule has 0 radical (unpaired) electrons. The van der Waals surface area contributed by atoms with Crippen LogP contribution in [0.25, 0.3) is 5.69 Å². The van der Waals surface area contributed by atoms with Crippen molar-refractivity contribution < 1.29 is 13.9 Å². The highest BCUT2D eigenvalue weighted by molar-refractivity contribution is 5.50. The van der Waals surface area contributed by atoms with Crippen LogP contribution < -0.4 is 15.0 Å². The lowest BCUT2D eigenvalue weighted by molar-refractivity contribution is 0.191. The zero-order chi connectivity index (χ0) is 21.7. The van der Waals surface area contributed by atoms with Gasteiger partial charge in [-0.1, -0.05) is 32.6 Å². The third-order valence-corrected chi connectivity index (χ3v) is 4.20. The first kappa shape index (κ1) is 21.2. The summed E-state index contributed by atoms with van der Waals surface area (Å²) in [6.45, 7) is 6.82. The molecule has 3 aromatic rings. The summed E-state index contributed by atoms with van der Waals surface area (Å²) in [6.07, 6.45) is 1.67. The average Bonchev–Trinajstić information content (AvgIpc) is 2.71. The van der Waals surface area contributed by atoms with Crippen molar-refractivity contribution in [3.8, 4) is 29.0 Å². The second-order valence-electron chi connectivity index (χ2n) is 8.07. The number of ether oxygens (including phenoxy) is 2. The number of halogens is 1. The van der Waals surface area contributed by atoms with E-state index in [4.69, 9.17) is 9.47 Å². The summed E-state index contributed by atoms with van der Waals surface area (Å²) in [5, 5.41) is 0. The molecule has 0 aliphatic heterocycles. The molecule has 154 valence electrons. The molecule has 0 amide bonds. The molecule has 2 aromatic carbocycles. The van der Waals surface area contributed by atoms with Gasteiger partial charge in [-0.2, -0.15) is 0 Å². The van der Waals surface area contributed by atoms with Crippen molar-refractivity contribution >= 4 is 0 Å². The molecule has 0 saturated carbocycles. The number of rotatable bonds is 4. The standard InChI is InChI=1S/C25H24FNO3/c1-25(2,3)17-30-22-12-11-21(16-23(22)29-4)27-14-13-19(15-24(27)28)6-5-18-7-9-20(26)10-8-18/h7-16H,17H2,1-4H3. The van der Waals surface area contributed by atoms with Crippen LogP contribution in [-0.4, -0.2) is 18.3 Å². The lowest BCUT2D eigenvalue weighted by atomic mass is 9.99. The van der Waals surface area contributed by atoms with Gasteiger partial charge < -0.3 is 9.47 Å². The summed E-state index contributed by atoms with van der Waals surface area (Å²) in [7, 11) is 1.57. The fourth-order valence-electron chi connectivity index (χ4n) is 2.67. The number of hydrogen-bond acceptors (Lipinski definition) is 3. The van der Waals surface area contributed by atoms with E-state index in [2.05, 4.69) is 32.6 Å². The Labute approximate surface area is 175 Å². The maximum Gasteiger partial charge on any atom is 0.256 e. The first-order valence-electron chi connectivity index (χ1n) is 9.57. The Bertz CT molecular complexity index is 1150. The minimum atomic E-state index is -0.312. The number of aromatic nitrogens is 1. The fraction of sp³-hybridized carbons (Fsp3) is 0.240. The van der Waals surface area contributed by atoms with Gasteiger partial charge >= 0.3 is 0 Å². The predicted molar refractivity (Wildman–Crippen MR) is 116 cm³/mol. The van der Waals surface area contributed by atoms with Gasteiger partial charge in [-0.3, -0.25) is 9.36 Å². The van der Waals surface area contributed by atoms with Crippen molar-refractivity contribution in [2.45, 2.75) is 20.8 Å². The van der Waals surface area contributed by atoms with Crippen LogP contribution in [0.15, 0.2) is 65.6 Å². The van der Waals surface area contributed by atoms with Gasteiger partial charge in [0, 0.05) is 29.5 Å². The van der Waals surface area contributed by atoms with Gasteiger partial charge in [-0.25, -0.2) is 4.39 Å². The molecule has 0 saturated heterocycles. The summed E-state index contributed by atoms with van der Waals surface area (Å²) >= 11 is 0. The van der Waals surface area contributed by atoms with Crippen LogP contribution in [-0.2, 0) is 0 Å². The predicted octanol–water partition coefficient (Wildman–Crippen LogP) is 4.81. The van der Waals surface area contributed by atoms with E-state index < -0.39 is 0 Å². The Morgan fingerprint density at radius 3 is 2.27 bits per heavy atom. The van der Waals surface area contributed by atoms with Crippen molar-refractivity contribution in [3.63, 3.8) is 0 Å². The molecule has 0 N–H and O–H groups in total. The van der Waals surface area contributed by atoms with Gasteiger partial charge in [0.05, 0.1) is 19.4 Å². The molecule has 3 rings (SSSR count). The minimum Gasteiger partial charge on any atom is -0.493 e. The van der Waals surface area contributed by atoms with Crippen LogP contribution in [0.3, 0.4) is 0 Å². The van der Waals surface area contributed by atoms with Crippen LogP contribution in [0.2, 0.25) is 0 Å². The Balaban J connectivity index is 1.84. The molecule has 0 fully saturated rings. The Kier molecular flexibility index (Phi) is 6.27. The molecule has 5 heteroatoms. The van der Waals surface area contributed by atoms with E-state index >= 15 is 0 Å². The van der Waals surface area contributed by atoms with Crippen molar-refractivity contribution in [3.05, 3.63) is 88.1 Å². The van der Waals surface area contributed by atoms with E-state index in [0.29, 0.717) is 34.9 Å². The van der Waals surface area contributed by atoms with Gasteiger partial charge in [0.2, 0.25) is 0 Å². The third kappa shape index (κ3) is 5.51. The molecular formula is C25H24FNO3. The summed E-state index contributed by atoms with van der Waals surface area (Å²) in [4.78, 5) is 12.6. The monoisotopic (exact) mass is 405 g/mol. The molecule has 0 spiro atoms. The van der Waals surface area contributed by atoms with Gasteiger partial charge in [-0.05, 0) is 47.9 Å². The van der Waals surface area contributed by atoms with Gasteiger partial charge in [0.1, 0.15) is 5.82 Å². The molecule has 4 nitrogen and oxygen atoms in total. The highest BCUT2D eigenvalue weighted by Gasteiger charge is 2.14. The first-order chi connectivity index (χ1) is 14.2. The van der Waals surface area contributed by atoms with Crippen LogP contribution in [0.4, 0.5) is 4.39 Å². The minimum absolute atomic E-state index is 0.0192. The molecule has 0 aliphatic carbocycles. The molecule has 0 aliphatic rings.